The molecule has 0 heterocycles. The molecule has 0 aliphatic rings. The number of hydrogen-bond acceptors (Lipinski definition) is 2. The Kier molecular flexibility index (Phi) is 6.96. The van der Waals surface area contributed by atoms with Gasteiger partial charge < -0.3 is 16.3 Å². The molecule has 0 bridgehead atoms. The van der Waals surface area contributed by atoms with Crippen molar-refractivity contribution in [1.29, 1.82) is 0 Å². The van der Waals surface area contributed by atoms with Crippen molar-refractivity contribution in [2.45, 2.75) is 32.6 Å². The smallest absolute Gasteiger partial charge is 0.185 e. The summed E-state index contributed by atoms with van der Waals surface area (Å²) in [5.41, 5.74) is 10.4. The van der Waals surface area contributed by atoms with Crippen LogP contribution in [0.5, 0.6) is 0 Å². The molecular formula is C9H19N3O. The molecule has 0 aliphatic carbocycles. The molecule has 0 fully saturated rings. The van der Waals surface area contributed by atoms with E-state index < -0.39 is 0 Å². The van der Waals surface area contributed by atoms with Gasteiger partial charge in [0.15, 0.2) is 5.96 Å². The highest BCUT2D eigenvalue weighted by molar-refractivity contribution is 5.75. The molecule has 0 saturated heterocycles. The average Bonchev–Trinajstić information content (AvgIpc) is 2.04. The predicted octanol–water partition coefficient (Wildman–Crippen LogP) is 0.655. The van der Waals surface area contributed by atoms with Crippen molar-refractivity contribution in [1.82, 2.24) is 0 Å². The van der Waals surface area contributed by atoms with Gasteiger partial charge in [0.2, 0.25) is 0 Å². The fourth-order valence-corrected chi connectivity index (χ4v) is 1.30. The van der Waals surface area contributed by atoms with Crippen LogP contribution in [0.4, 0.5) is 0 Å². The zero-order chi connectivity index (χ0) is 10.1. The fraction of sp³-hybridized carbons (Fsp3) is 0.778. The Hall–Kier alpha value is -1.06. The van der Waals surface area contributed by atoms with Crippen molar-refractivity contribution in [3.63, 3.8) is 0 Å². The van der Waals surface area contributed by atoms with Gasteiger partial charge in [0.05, 0.1) is 0 Å². The number of carbonyl (C=O) groups excluding carboxylic acids is 1. The lowest BCUT2D eigenvalue weighted by Crippen LogP contribution is -2.23. The van der Waals surface area contributed by atoms with Crippen molar-refractivity contribution in [2.24, 2.45) is 22.4 Å². The van der Waals surface area contributed by atoms with Crippen LogP contribution in [-0.4, -0.2) is 18.8 Å². The van der Waals surface area contributed by atoms with Crippen LogP contribution in [0.25, 0.3) is 0 Å². The summed E-state index contributed by atoms with van der Waals surface area (Å²) in [5, 5.41) is 0. The van der Waals surface area contributed by atoms with Gasteiger partial charge in [-0.05, 0) is 12.3 Å². The molecule has 1 unspecified atom stereocenters. The van der Waals surface area contributed by atoms with Gasteiger partial charge in [-0.2, -0.15) is 0 Å². The highest BCUT2D eigenvalue weighted by Crippen LogP contribution is 2.13. The minimum atomic E-state index is 0.126. The second-order valence-electron chi connectivity index (χ2n) is 3.15. The quantitative estimate of drug-likeness (QED) is 0.347. The molecule has 0 radical (unpaired) electrons. The van der Waals surface area contributed by atoms with Crippen LogP contribution in [0.15, 0.2) is 4.99 Å². The first-order chi connectivity index (χ1) is 6.20. The van der Waals surface area contributed by atoms with Crippen LogP contribution in [0.3, 0.4) is 0 Å². The maximum Gasteiger partial charge on any atom is 0.185 e. The Bertz CT molecular complexity index is 164. The molecule has 0 saturated carbocycles. The van der Waals surface area contributed by atoms with E-state index in [1.54, 1.807) is 0 Å². The molecule has 4 N–H and O–H groups in total. The number of aldehydes is 1. The van der Waals surface area contributed by atoms with E-state index in [1.165, 1.54) is 0 Å². The summed E-state index contributed by atoms with van der Waals surface area (Å²) in [7, 11) is 0. The van der Waals surface area contributed by atoms with E-state index >= 15 is 0 Å². The summed E-state index contributed by atoms with van der Waals surface area (Å²) >= 11 is 0. The third-order valence-electron chi connectivity index (χ3n) is 1.96. The second kappa shape index (κ2) is 7.58. The molecule has 13 heavy (non-hydrogen) atoms. The summed E-state index contributed by atoms with van der Waals surface area (Å²) in [6.45, 7) is 2.74. The zero-order valence-corrected chi connectivity index (χ0v) is 8.20. The molecule has 0 spiro atoms. The normalized spacial score (nSPS) is 12.1. The third-order valence-corrected chi connectivity index (χ3v) is 1.96. The maximum absolute atomic E-state index is 10.3. The number of nitrogens with zero attached hydrogens (tertiary/aromatic N) is 1. The molecule has 0 aromatic rings. The Morgan fingerprint density at radius 3 is 2.62 bits per heavy atom. The Labute approximate surface area is 79.4 Å². The topological polar surface area (TPSA) is 81.5 Å². The van der Waals surface area contributed by atoms with Crippen molar-refractivity contribution in [3.8, 4) is 0 Å². The standard InChI is InChI=1S/C9H19N3O/c1-2-3-8(5-7-13)4-6-12-9(10)11/h7-8H,2-6H2,1H3,(H4,10,11,12). The van der Waals surface area contributed by atoms with Crippen LogP contribution in [-0.2, 0) is 4.79 Å². The van der Waals surface area contributed by atoms with Crippen LogP contribution in [0.2, 0.25) is 0 Å². The molecule has 0 aliphatic heterocycles. The van der Waals surface area contributed by atoms with Gasteiger partial charge >= 0.3 is 0 Å². The molecule has 76 valence electrons. The molecule has 0 aromatic heterocycles. The number of rotatable bonds is 7. The summed E-state index contributed by atoms with van der Waals surface area (Å²) < 4.78 is 0. The predicted molar refractivity (Wildman–Crippen MR) is 54.4 cm³/mol. The average molecular weight is 185 g/mol. The summed E-state index contributed by atoms with van der Waals surface area (Å²) in [6, 6.07) is 0. The molecule has 4 nitrogen and oxygen atoms in total. The first-order valence-electron chi connectivity index (χ1n) is 4.69. The molecule has 1 atom stereocenters. The third kappa shape index (κ3) is 7.31. The van der Waals surface area contributed by atoms with Gasteiger partial charge in [0, 0.05) is 13.0 Å². The van der Waals surface area contributed by atoms with E-state index in [9.17, 15) is 4.79 Å². The van der Waals surface area contributed by atoms with Gasteiger partial charge in [0.25, 0.3) is 0 Å². The molecule has 0 rings (SSSR count). The van der Waals surface area contributed by atoms with Crippen molar-refractivity contribution in [2.75, 3.05) is 6.54 Å². The van der Waals surface area contributed by atoms with E-state index in [0.717, 1.165) is 25.5 Å². The van der Waals surface area contributed by atoms with Gasteiger partial charge in [-0.15, -0.1) is 0 Å². The largest absolute Gasteiger partial charge is 0.370 e. The number of guanidine groups is 1. The summed E-state index contributed by atoms with van der Waals surface area (Å²) in [6.07, 6.45) is 4.65. The number of aliphatic imine (C=N–C) groups is 1. The first kappa shape index (κ1) is 11.9. The van der Waals surface area contributed by atoms with Crippen LogP contribution < -0.4 is 11.5 Å². The Morgan fingerprint density at radius 1 is 1.46 bits per heavy atom. The van der Waals surface area contributed by atoms with Crippen LogP contribution in [0.1, 0.15) is 32.6 Å². The minimum absolute atomic E-state index is 0.126. The van der Waals surface area contributed by atoms with Gasteiger partial charge in [-0.25, -0.2) is 0 Å². The Balaban J connectivity index is 3.67. The lowest BCUT2D eigenvalue weighted by Gasteiger charge is -2.10. The van der Waals surface area contributed by atoms with Gasteiger partial charge in [-0.1, -0.05) is 19.8 Å². The molecule has 0 amide bonds. The van der Waals surface area contributed by atoms with E-state index in [1.807, 2.05) is 0 Å². The molecule has 4 heteroatoms. The molecular weight excluding hydrogens is 166 g/mol. The number of nitrogens with two attached hydrogens (primary N) is 2. The highest BCUT2D eigenvalue weighted by atomic mass is 16.1. The monoisotopic (exact) mass is 185 g/mol. The SMILES string of the molecule is CCCC(CC=O)CCN=C(N)N. The first-order valence-corrected chi connectivity index (χ1v) is 4.69. The number of carbonyl (C=O) groups is 1. The zero-order valence-electron chi connectivity index (χ0n) is 8.20. The summed E-state index contributed by atoms with van der Waals surface area (Å²) in [4.78, 5) is 14.2. The Morgan fingerprint density at radius 2 is 2.15 bits per heavy atom. The van der Waals surface area contributed by atoms with Crippen LogP contribution >= 0.6 is 0 Å². The summed E-state index contributed by atoms with van der Waals surface area (Å²) in [5.74, 6) is 0.562. The second-order valence-corrected chi connectivity index (χ2v) is 3.15. The van der Waals surface area contributed by atoms with Crippen molar-refractivity contribution in [3.05, 3.63) is 0 Å². The van der Waals surface area contributed by atoms with Crippen LogP contribution in [0, 0.1) is 5.92 Å². The van der Waals surface area contributed by atoms with Gasteiger partial charge in [0.1, 0.15) is 6.29 Å². The van der Waals surface area contributed by atoms with E-state index in [-0.39, 0.29) is 5.96 Å². The van der Waals surface area contributed by atoms with E-state index in [4.69, 9.17) is 11.5 Å². The van der Waals surface area contributed by atoms with Gasteiger partial charge in [-0.3, -0.25) is 4.99 Å². The maximum atomic E-state index is 10.3. The fourth-order valence-electron chi connectivity index (χ4n) is 1.30. The lowest BCUT2D eigenvalue weighted by atomic mass is 9.97. The van der Waals surface area contributed by atoms with E-state index in [0.29, 0.717) is 18.9 Å². The van der Waals surface area contributed by atoms with Crippen molar-refractivity contribution < 1.29 is 4.79 Å². The number of hydrogen-bond donors (Lipinski definition) is 2. The van der Waals surface area contributed by atoms with E-state index in [2.05, 4.69) is 11.9 Å². The van der Waals surface area contributed by atoms with Crippen molar-refractivity contribution >= 4 is 12.2 Å². The molecule has 0 aromatic carbocycles. The lowest BCUT2D eigenvalue weighted by molar-refractivity contribution is -0.108. The minimum Gasteiger partial charge on any atom is -0.370 e. The highest BCUT2D eigenvalue weighted by Gasteiger charge is 2.05.